The first-order valence-electron chi connectivity index (χ1n) is 9.82. The van der Waals surface area contributed by atoms with Gasteiger partial charge in [-0.1, -0.05) is 18.2 Å². The lowest BCUT2D eigenvalue weighted by atomic mass is 10.1. The number of benzene rings is 2. The summed E-state index contributed by atoms with van der Waals surface area (Å²) in [6, 6.07) is 13.9. The topological polar surface area (TPSA) is 108 Å². The average Bonchev–Trinajstić information content (AvgIpc) is 3.33. The quantitative estimate of drug-likeness (QED) is 0.364. The minimum Gasteiger partial charge on any atom is -0.341 e. The molecule has 3 heterocycles. The summed E-state index contributed by atoms with van der Waals surface area (Å²) in [6.45, 7) is 0. The maximum atomic E-state index is 15.2. The van der Waals surface area contributed by atoms with Crippen LogP contribution in [-0.4, -0.2) is 30.8 Å². The van der Waals surface area contributed by atoms with E-state index in [9.17, 15) is 9.18 Å². The molecule has 3 N–H and O–H groups in total. The van der Waals surface area contributed by atoms with Crippen LogP contribution < -0.4 is 10.6 Å². The Morgan fingerprint density at radius 2 is 1.76 bits per heavy atom. The first kappa shape index (κ1) is 20.2. The molecule has 1 amide bonds. The van der Waals surface area contributed by atoms with Crippen LogP contribution in [-0.2, 0) is 0 Å². The Hall–Kier alpha value is -4.73. The van der Waals surface area contributed by atoms with Gasteiger partial charge in [0.15, 0.2) is 11.5 Å². The number of amides is 1. The number of aromatic amines is 1. The van der Waals surface area contributed by atoms with E-state index in [1.54, 1.807) is 42.5 Å². The number of carbonyl (C=O) groups excluding carboxylic acids is 1. The molecule has 0 aliphatic rings. The summed E-state index contributed by atoms with van der Waals surface area (Å²) >= 11 is 0. The van der Waals surface area contributed by atoms with Gasteiger partial charge in [-0.05, 0) is 36.4 Å². The van der Waals surface area contributed by atoms with Crippen LogP contribution in [0.15, 0.2) is 73.4 Å². The maximum absolute atomic E-state index is 15.2. The monoisotopic (exact) mass is 443 g/mol. The molecular formula is C23H15F2N7O. The van der Waals surface area contributed by atoms with E-state index in [1.807, 2.05) is 0 Å². The zero-order valence-electron chi connectivity index (χ0n) is 16.9. The standard InChI is InChI=1S/C23H15F2N7O/c24-15-8-9-16(31-23(33)13-5-2-1-3-6-13)17(25)19(15)32-21-14(7-4-10-26-21)18-20-22(29-11-27-18)30-12-28-20/h1-12H,(H,26,32)(H,31,33)(H,27,28,29,30). The fraction of sp³-hybridized carbons (Fsp3) is 0. The van der Waals surface area contributed by atoms with Gasteiger partial charge in [0.25, 0.3) is 5.91 Å². The minimum atomic E-state index is -0.967. The number of fused-ring (bicyclic) bond motifs is 1. The van der Waals surface area contributed by atoms with Gasteiger partial charge in [0.05, 0.1) is 12.0 Å². The molecular weight excluding hydrogens is 428 g/mol. The zero-order valence-corrected chi connectivity index (χ0v) is 16.9. The number of imidazole rings is 1. The molecule has 0 aliphatic carbocycles. The molecule has 5 rings (SSSR count). The van der Waals surface area contributed by atoms with Crippen LogP contribution in [0.3, 0.4) is 0 Å². The van der Waals surface area contributed by atoms with Crippen LogP contribution in [0.4, 0.5) is 26.0 Å². The Kier molecular flexibility index (Phi) is 5.15. The van der Waals surface area contributed by atoms with Gasteiger partial charge >= 0.3 is 0 Å². The van der Waals surface area contributed by atoms with E-state index in [0.717, 1.165) is 12.1 Å². The second-order valence-electron chi connectivity index (χ2n) is 6.95. The molecule has 0 spiro atoms. The third kappa shape index (κ3) is 3.85. The van der Waals surface area contributed by atoms with E-state index in [4.69, 9.17) is 0 Å². The maximum Gasteiger partial charge on any atom is 0.255 e. The van der Waals surface area contributed by atoms with Crippen molar-refractivity contribution in [1.82, 2.24) is 24.9 Å². The second kappa shape index (κ2) is 8.42. The van der Waals surface area contributed by atoms with Crippen molar-refractivity contribution >= 4 is 34.3 Å². The summed E-state index contributed by atoms with van der Waals surface area (Å²) in [4.78, 5) is 32.1. The smallest absolute Gasteiger partial charge is 0.255 e. The average molecular weight is 443 g/mol. The minimum absolute atomic E-state index is 0.163. The van der Waals surface area contributed by atoms with Gasteiger partial charge < -0.3 is 15.6 Å². The van der Waals surface area contributed by atoms with Crippen molar-refractivity contribution in [3.63, 3.8) is 0 Å². The van der Waals surface area contributed by atoms with Gasteiger partial charge in [0.2, 0.25) is 0 Å². The van der Waals surface area contributed by atoms with Crippen molar-refractivity contribution in [2.24, 2.45) is 0 Å². The largest absolute Gasteiger partial charge is 0.341 e. The summed E-state index contributed by atoms with van der Waals surface area (Å²) in [6.07, 6.45) is 4.30. The van der Waals surface area contributed by atoms with Crippen LogP contribution in [0.1, 0.15) is 10.4 Å². The van der Waals surface area contributed by atoms with E-state index in [2.05, 4.69) is 35.6 Å². The molecule has 0 atom stereocenters. The normalized spacial score (nSPS) is 10.8. The highest BCUT2D eigenvalue weighted by Crippen LogP contribution is 2.33. The number of carbonyl (C=O) groups is 1. The third-order valence-corrected chi connectivity index (χ3v) is 4.90. The molecule has 5 aromatic rings. The molecule has 3 aromatic heterocycles. The van der Waals surface area contributed by atoms with E-state index >= 15 is 4.39 Å². The van der Waals surface area contributed by atoms with Crippen LogP contribution >= 0.6 is 0 Å². The fourth-order valence-corrected chi connectivity index (χ4v) is 3.33. The highest BCUT2D eigenvalue weighted by molar-refractivity contribution is 6.04. The van der Waals surface area contributed by atoms with Gasteiger partial charge in [-0.25, -0.2) is 28.7 Å². The Morgan fingerprint density at radius 1 is 0.909 bits per heavy atom. The van der Waals surface area contributed by atoms with Gasteiger partial charge in [0, 0.05) is 17.3 Å². The molecule has 8 nitrogen and oxygen atoms in total. The second-order valence-corrected chi connectivity index (χ2v) is 6.95. The number of pyridine rings is 1. The predicted molar refractivity (Wildman–Crippen MR) is 119 cm³/mol. The van der Waals surface area contributed by atoms with Crippen LogP contribution in [0.25, 0.3) is 22.4 Å². The van der Waals surface area contributed by atoms with Crippen molar-refractivity contribution < 1.29 is 13.6 Å². The van der Waals surface area contributed by atoms with Crippen molar-refractivity contribution in [1.29, 1.82) is 0 Å². The molecule has 0 unspecified atom stereocenters. The Labute approximate surface area is 185 Å². The fourth-order valence-electron chi connectivity index (χ4n) is 3.33. The van der Waals surface area contributed by atoms with Crippen molar-refractivity contribution in [3.8, 4) is 11.3 Å². The lowest BCUT2D eigenvalue weighted by Gasteiger charge is -2.14. The van der Waals surface area contributed by atoms with E-state index < -0.39 is 23.2 Å². The number of rotatable bonds is 5. The van der Waals surface area contributed by atoms with Gasteiger partial charge in [-0.15, -0.1) is 0 Å². The van der Waals surface area contributed by atoms with Crippen LogP contribution in [0, 0.1) is 11.6 Å². The first-order valence-corrected chi connectivity index (χ1v) is 9.82. The summed E-state index contributed by atoms with van der Waals surface area (Å²) in [5.41, 5.74) is 1.64. The van der Waals surface area contributed by atoms with Crippen molar-refractivity contribution in [3.05, 3.63) is 90.6 Å². The lowest BCUT2D eigenvalue weighted by molar-refractivity contribution is 0.102. The molecule has 0 bridgehead atoms. The molecule has 10 heteroatoms. The van der Waals surface area contributed by atoms with Crippen molar-refractivity contribution in [2.45, 2.75) is 0 Å². The first-order chi connectivity index (χ1) is 16.1. The summed E-state index contributed by atoms with van der Waals surface area (Å²) in [5, 5.41) is 5.18. The van der Waals surface area contributed by atoms with Crippen LogP contribution in [0.5, 0.6) is 0 Å². The predicted octanol–water partition coefficient (Wildman–Crippen LogP) is 4.69. The zero-order chi connectivity index (χ0) is 22.8. The molecule has 0 aliphatic heterocycles. The number of anilines is 3. The van der Waals surface area contributed by atoms with E-state index in [0.29, 0.717) is 28.0 Å². The number of hydrogen-bond donors (Lipinski definition) is 3. The molecule has 0 fully saturated rings. The Bertz CT molecular complexity index is 1470. The van der Waals surface area contributed by atoms with Gasteiger partial charge in [-0.2, -0.15) is 0 Å². The molecule has 2 aromatic carbocycles. The van der Waals surface area contributed by atoms with E-state index in [-0.39, 0.29) is 11.5 Å². The highest BCUT2D eigenvalue weighted by atomic mass is 19.1. The lowest BCUT2D eigenvalue weighted by Crippen LogP contribution is -2.14. The number of nitrogens with zero attached hydrogens (tertiary/aromatic N) is 4. The highest BCUT2D eigenvalue weighted by Gasteiger charge is 2.19. The number of halogens is 2. The number of hydrogen-bond acceptors (Lipinski definition) is 6. The van der Waals surface area contributed by atoms with Gasteiger partial charge in [-0.3, -0.25) is 4.79 Å². The Morgan fingerprint density at radius 3 is 2.61 bits per heavy atom. The number of H-pyrrole nitrogens is 1. The molecule has 33 heavy (non-hydrogen) atoms. The Balaban J connectivity index is 1.51. The molecule has 0 radical (unpaired) electrons. The molecule has 162 valence electrons. The van der Waals surface area contributed by atoms with E-state index in [1.165, 1.54) is 18.9 Å². The molecule has 0 saturated heterocycles. The summed E-state index contributed by atoms with van der Waals surface area (Å²) in [7, 11) is 0. The van der Waals surface area contributed by atoms with Crippen molar-refractivity contribution in [2.75, 3.05) is 10.6 Å². The number of nitrogens with one attached hydrogen (secondary N) is 3. The SMILES string of the molecule is O=C(Nc1ccc(F)c(Nc2ncccc2-c2ncnc3nc[nH]c23)c1F)c1ccccc1. The summed E-state index contributed by atoms with van der Waals surface area (Å²) < 4.78 is 29.9. The molecule has 0 saturated carbocycles. The number of aromatic nitrogens is 5. The third-order valence-electron chi connectivity index (χ3n) is 4.90. The van der Waals surface area contributed by atoms with Gasteiger partial charge in [0.1, 0.15) is 34.9 Å². The van der Waals surface area contributed by atoms with Crippen LogP contribution in [0.2, 0.25) is 0 Å². The summed E-state index contributed by atoms with van der Waals surface area (Å²) in [5.74, 6) is -2.17.